The van der Waals surface area contributed by atoms with E-state index in [-0.39, 0.29) is 24.1 Å². The molecule has 0 amide bonds. The molecule has 0 spiro atoms. The van der Waals surface area contributed by atoms with E-state index in [2.05, 4.69) is 19.1 Å². The number of nitrogens with zero attached hydrogens (tertiary/aromatic N) is 4. The van der Waals surface area contributed by atoms with Gasteiger partial charge in [-0.15, -0.1) is 0 Å². The molecular weight excluding hydrogens is 420 g/mol. The molecule has 10 nitrogen and oxygen atoms in total. The maximum atomic E-state index is 11.0. The number of rotatable bonds is 7. The van der Waals surface area contributed by atoms with Crippen molar-refractivity contribution in [2.75, 3.05) is 19.5 Å². The summed E-state index contributed by atoms with van der Waals surface area (Å²) >= 11 is 6.29. The van der Waals surface area contributed by atoms with E-state index in [9.17, 15) is 8.42 Å². The number of hydrogen-bond donors (Lipinski definition) is 2. The van der Waals surface area contributed by atoms with E-state index in [0.29, 0.717) is 23.1 Å². The lowest BCUT2D eigenvalue weighted by Gasteiger charge is -2.13. The molecule has 0 radical (unpaired) electrons. The summed E-state index contributed by atoms with van der Waals surface area (Å²) in [6.07, 6.45) is 3.77. The number of pyridine rings is 1. The number of methoxy groups -OCH3 is 1. The lowest BCUT2D eigenvalue weighted by atomic mass is 10.1. The van der Waals surface area contributed by atoms with Crippen LogP contribution < -0.4 is 15.6 Å². The second kappa shape index (κ2) is 8.11. The fraction of sp³-hybridized carbons (Fsp3) is 0.353. The van der Waals surface area contributed by atoms with Crippen LogP contribution in [0.15, 0.2) is 12.4 Å². The maximum Gasteiger partial charge on any atom is 0.333 e. The lowest BCUT2D eigenvalue weighted by Crippen LogP contribution is -2.17. The highest BCUT2D eigenvalue weighted by Gasteiger charge is 2.18. The van der Waals surface area contributed by atoms with Crippen LogP contribution in [0, 0.1) is 13.8 Å². The van der Waals surface area contributed by atoms with Crippen molar-refractivity contribution in [3.05, 3.63) is 39.9 Å². The number of aromatic nitrogens is 4. The zero-order chi connectivity index (χ0) is 21.3. The number of hydrogen-bond acceptors (Lipinski definition) is 8. The maximum absolute atomic E-state index is 11.0. The molecule has 0 saturated heterocycles. The first kappa shape index (κ1) is 21.2. The second-order valence-corrected chi connectivity index (χ2v) is 8.04. The largest absolute Gasteiger partial charge is 0.496 e. The van der Waals surface area contributed by atoms with Crippen LogP contribution in [0.2, 0.25) is 5.15 Å². The summed E-state index contributed by atoms with van der Waals surface area (Å²) in [5.41, 5.74) is 9.60. The third kappa shape index (κ3) is 4.58. The van der Waals surface area contributed by atoms with Crippen LogP contribution >= 0.6 is 11.6 Å². The van der Waals surface area contributed by atoms with E-state index in [1.54, 1.807) is 19.5 Å². The zero-order valence-corrected chi connectivity index (χ0v) is 17.7. The zero-order valence-electron chi connectivity index (χ0n) is 16.1. The van der Waals surface area contributed by atoms with Crippen LogP contribution in [0.25, 0.3) is 11.0 Å². The first-order chi connectivity index (χ1) is 13.6. The molecule has 3 rings (SSSR count). The van der Waals surface area contributed by atoms with Gasteiger partial charge in [0.25, 0.3) is 0 Å². The predicted octanol–water partition coefficient (Wildman–Crippen LogP) is 1.50. The highest BCUT2D eigenvalue weighted by atomic mass is 35.5. The van der Waals surface area contributed by atoms with Crippen molar-refractivity contribution in [3.8, 4) is 5.75 Å². The molecule has 3 aromatic rings. The van der Waals surface area contributed by atoms with Gasteiger partial charge in [0.1, 0.15) is 16.5 Å². The molecular formula is C17H21ClN6O4S. The van der Waals surface area contributed by atoms with Gasteiger partial charge in [-0.2, -0.15) is 13.4 Å². The van der Waals surface area contributed by atoms with Crippen molar-refractivity contribution < 1.29 is 17.3 Å². The fourth-order valence-corrected chi connectivity index (χ4v) is 3.81. The van der Waals surface area contributed by atoms with Gasteiger partial charge in [0.05, 0.1) is 31.3 Å². The normalized spacial score (nSPS) is 11.9. The minimum atomic E-state index is -4.04. The average molecular weight is 441 g/mol. The first-order valence-electron chi connectivity index (χ1n) is 8.57. The minimum absolute atomic E-state index is 0.0281. The monoisotopic (exact) mass is 440 g/mol. The van der Waals surface area contributed by atoms with E-state index >= 15 is 0 Å². The Hall–Kier alpha value is -2.47. The van der Waals surface area contributed by atoms with Crippen molar-refractivity contribution in [2.45, 2.75) is 26.8 Å². The summed E-state index contributed by atoms with van der Waals surface area (Å²) in [6, 6.07) is 0. The molecule has 0 aromatic carbocycles. The SMILES string of the molecule is COc1c(C)cnc(Cn2cc(CCOS(N)(=O)=O)c3c(Cl)nc(N)nc32)c1C. The van der Waals surface area contributed by atoms with Gasteiger partial charge in [0, 0.05) is 23.5 Å². The number of aryl methyl sites for hydroxylation is 1. The molecule has 4 N–H and O–H groups in total. The first-order valence-corrected chi connectivity index (χ1v) is 10.4. The molecule has 0 saturated carbocycles. The quantitative estimate of drug-likeness (QED) is 0.525. The highest BCUT2D eigenvalue weighted by Crippen LogP contribution is 2.30. The molecule has 3 heterocycles. The Kier molecular flexibility index (Phi) is 5.94. The third-order valence-electron chi connectivity index (χ3n) is 4.46. The molecule has 0 fully saturated rings. The van der Waals surface area contributed by atoms with Gasteiger partial charge in [-0.05, 0) is 25.8 Å². The standard InChI is InChI=1S/C17H21ClN6O4S/c1-9-6-21-12(10(2)14(9)27-3)8-24-7-11(4-5-28-29(20,25)26)13-15(18)22-17(19)23-16(13)24/h6-7H,4-5,8H2,1-3H3,(H2,19,22,23)(H2,20,25,26). The molecule has 0 bridgehead atoms. The summed E-state index contributed by atoms with van der Waals surface area (Å²) in [6.45, 7) is 4.08. The Morgan fingerprint density at radius 2 is 2.00 bits per heavy atom. The molecule has 0 aliphatic rings. The van der Waals surface area contributed by atoms with Crippen LogP contribution in [-0.2, 0) is 27.5 Å². The van der Waals surface area contributed by atoms with Gasteiger partial charge in [0.15, 0.2) is 0 Å². The van der Waals surface area contributed by atoms with Crippen molar-refractivity contribution in [2.24, 2.45) is 5.14 Å². The van der Waals surface area contributed by atoms with Gasteiger partial charge < -0.3 is 15.0 Å². The lowest BCUT2D eigenvalue weighted by molar-refractivity contribution is 0.323. The minimum Gasteiger partial charge on any atom is -0.496 e. The van der Waals surface area contributed by atoms with Gasteiger partial charge in [-0.3, -0.25) is 9.17 Å². The Morgan fingerprint density at radius 3 is 2.66 bits per heavy atom. The number of nitrogens with two attached hydrogens (primary N) is 2. The van der Waals surface area contributed by atoms with E-state index in [1.807, 2.05) is 18.4 Å². The third-order valence-corrected chi connectivity index (χ3v) is 5.23. The number of fused-ring (bicyclic) bond motifs is 1. The second-order valence-electron chi connectivity index (χ2n) is 6.46. The van der Waals surface area contributed by atoms with Crippen molar-refractivity contribution in [3.63, 3.8) is 0 Å². The molecule has 29 heavy (non-hydrogen) atoms. The Morgan fingerprint density at radius 1 is 1.28 bits per heavy atom. The number of anilines is 1. The van der Waals surface area contributed by atoms with Crippen molar-refractivity contribution in [1.82, 2.24) is 19.5 Å². The van der Waals surface area contributed by atoms with Crippen LogP contribution in [0.5, 0.6) is 5.75 Å². The molecule has 0 atom stereocenters. The topological polar surface area (TPSA) is 148 Å². The Labute approximate surface area is 173 Å². The summed E-state index contributed by atoms with van der Waals surface area (Å²) in [7, 11) is -2.43. The molecule has 0 unspecified atom stereocenters. The number of halogens is 1. The van der Waals surface area contributed by atoms with Crippen LogP contribution in [0.4, 0.5) is 5.95 Å². The van der Waals surface area contributed by atoms with E-state index in [4.69, 9.17) is 27.2 Å². The Balaban J connectivity index is 2.04. The van der Waals surface area contributed by atoms with Crippen molar-refractivity contribution >= 4 is 38.9 Å². The molecule has 0 aliphatic heterocycles. The van der Waals surface area contributed by atoms with Crippen LogP contribution in [-0.4, -0.2) is 41.7 Å². The predicted molar refractivity (Wildman–Crippen MR) is 109 cm³/mol. The van der Waals surface area contributed by atoms with Gasteiger partial charge in [-0.25, -0.2) is 10.1 Å². The van der Waals surface area contributed by atoms with E-state index < -0.39 is 10.3 Å². The fourth-order valence-electron chi connectivity index (χ4n) is 3.21. The molecule has 12 heteroatoms. The summed E-state index contributed by atoms with van der Waals surface area (Å²) in [5.74, 6) is 0.792. The summed E-state index contributed by atoms with van der Waals surface area (Å²) in [5, 5.41) is 5.62. The van der Waals surface area contributed by atoms with Crippen LogP contribution in [0.1, 0.15) is 22.4 Å². The number of nitrogen functional groups attached to an aromatic ring is 1. The summed E-state index contributed by atoms with van der Waals surface area (Å²) < 4.78 is 34.0. The van der Waals surface area contributed by atoms with E-state index in [1.165, 1.54) is 0 Å². The van der Waals surface area contributed by atoms with Crippen LogP contribution in [0.3, 0.4) is 0 Å². The van der Waals surface area contributed by atoms with Gasteiger partial charge in [0.2, 0.25) is 5.95 Å². The average Bonchev–Trinajstić information content (AvgIpc) is 2.94. The summed E-state index contributed by atoms with van der Waals surface area (Å²) in [4.78, 5) is 12.8. The van der Waals surface area contributed by atoms with Gasteiger partial charge >= 0.3 is 10.3 Å². The Bertz CT molecular complexity index is 1180. The van der Waals surface area contributed by atoms with Gasteiger partial charge in [-0.1, -0.05) is 11.6 Å². The highest BCUT2D eigenvalue weighted by molar-refractivity contribution is 7.84. The molecule has 0 aliphatic carbocycles. The molecule has 3 aromatic heterocycles. The van der Waals surface area contributed by atoms with E-state index in [0.717, 1.165) is 22.6 Å². The molecule has 156 valence electrons. The smallest absolute Gasteiger partial charge is 0.333 e. The number of ether oxygens (including phenoxy) is 1. The van der Waals surface area contributed by atoms with Crippen molar-refractivity contribution in [1.29, 1.82) is 0 Å².